The van der Waals surface area contributed by atoms with E-state index in [9.17, 15) is 15.2 Å². The molecule has 0 heterocycles. The lowest BCUT2D eigenvalue weighted by molar-refractivity contribution is -0.543. The highest BCUT2D eigenvalue weighted by Crippen LogP contribution is 2.53. The van der Waals surface area contributed by atoms with Gasteiger partial charge in [0.1, 0.15) is 0 Å². The quantitative estimate of drug-likeness (QED) is 0.597. The molecule has 2 aliphatic carbocycles. The standard InChI is InChI=1S/C13H23NO3/c1-9(2)10-5-6-12(15)13(8-10)7-3-4-11(13)14(16)17/h9-12,15H,3-8H2,1-2H3/t10-,11-,12-,13-/m1/s1. The Morgan fingerprint density at radius 1 is 1.35 bits per heavy atom. The molecule has 0 radical (unpaired) electrons. The van der Waals surface area contributed by atoms with Gasteiger partial charge in [-0.25, -0.2) is 0 Å². The van der Waals surface area contributed by atoms with Crippen molar-refractivity contribution in [1.29, 1.82) is 0 Å². The van der Waals surface area contributed by atoms with Crippen LogP contribution in [0.15, 0.2) is 0 Å². The van der Waals surface area contributed by atoms with Crippen molar-refractivity contribution >= 4 is 0 Å². The molecule has 0 amide bonds. The van der Waals surface area contributed by atoms with E-state index in [2.05, 4.69) is 13.8 Å². The van der Waals surface area contributed by atoms with E-state index < -0.39 is 17.6 Å². The molecular weight excluding hydrogens is 218 g/mol. The fourth-order valence-electron chi connectivity index (χ4n) is 3.98. The van der Waals surface area contributed by atoms with E-state index in [-0.39, 0.29) is 4.92 Å². The number of hydrogen-bond donors (Lipinski definition) is 1. The molecule has 0 aromatic rings. The lowest BCUT2D eigenvalue weighted by Crippen LogP contribution is -2.49. The zero-order valence-corrected chi connectivity index (χ0v) is 10.8. The Morgan fingerprint density at radius 2 is 2.06 bits per heavy atom. The second-order valence-electron chi connectivity index (χ2n) is 6.23. The van der Waals surface area contributed by atoms with Crippen LogP contribution >= 0.6 is 0 Å². The third kappa shape index (κ3) is 2.07. The van der Waals surface area contributed by atoms with Gasteiger partial charge in [-0.3, -0.25) is 10.1 Å². The molecule has 98 valence electrons. The van der Waals surface area contributed by atoms with Crippen molar-refractivity contribution in [2.45, 2.75) is 64.5 Å². The molecule has 0 aromatic carbocycles. The second-order valence-corrected chi connectivity index (χ2v) is 6.23. The van der Waals surface area contributed by atoms with Gasteiger partial charge in [0.25, 0.3) is 0 Å². The predicted molar refractivity (Wildman–Crippen MR) is 65.3 cm³/mol. The average molecular weight is 241 g/mol. The van der Waals surface area contributed by atoms with E-state index in [0.717, 1.165) is 32.1 Å². The van der Waals surface area contributed by atoms with E-state index in [1.807, 2.05) is 0 Å². The third-order valence-electron chi connectivity index (χ3n) is 5.10. The van der Waals surface area contributed by atoms with Gasteiger partial charge < -0.3 is 5.11 Å². The molecule has 2 aliphatic rings. The highest BCUT2D eigenvalue weighted by Gasteiger charge is 2.57. The van der Waals surface area contributed by atoms with Gasteiger partial charge in [-0.05, 0) is 43.9 Å². The Morgan fingerprint density at radius 3 is 2.65 bits per heavy atom. The van der Waals surface area contributed by atoms with Gasteiger partial charge >= 0.3 is 0 Å². The molecule has 4 atom stereocenters. The SMILES string of the molecule is CC(C)[C@@H]1CC[C@@H](O)[C@]2(CCC[C@H]2[N+](=O)[O-])C1. The van der Waals surface area contributed by atoms with Crippen LogP contribution in [0.25, 0.3) is 0 Å². The highest BCUT2D eigenvalue weighted by molar-refractivity contribution is 5.01. The number of nitrogens with zero attached hydrogens (tertiary/aromatic N) is 1. The van der Waals surface area contributed by atoms with Gasteiger partial charge in [0.2, 0.25) is 6.04 Å². The topological polar surface area (TPSA) is 63.4 Å². The highest BCUT2D eigenvalue weighted by atomic mass is 16.6. The maximum absolute atomic E-state index is 11.2. The third-order valence-corrected chi connectivity index (χ3v) is 5.10. The summed E-state index contributed by atoms with van der Waals surface area (Å²) in [5.74, 6) is 1.10. The fraction of sp³-hybridized carbons (Fsp3) is 1.00. The molecule has 2 saturated carbocycles. The van der Waals surface area contributed by atoms with Gasteiger partial charge in [0.05, 0.1) is 11.5 Å². The zero-order chi connectivity index (χ0) is 12.6. The maximum atomic E-state index is 11.2. The summed E-state index contributed by atoms with van der Waals surface area (Å²) in [5.41, 5.74) is -0.420. The van der Waals surface area contributed by atoms with Crippen LogP contribution < -0.4 is 0 Å². The molecule has 2 rings (SSSR count). The van der Waals surface area contributed by atoms with Gasteiger partial charge in [0.15, 0.2) is 0 Å². The van der Waals surface area contributed by atoms with Crippen LogP contribution in [0.5, 0.6) is 0 Å². The number of nitro groups is 1. The molecule has 4 heteroatoms. The first kappa shape index (κ1) is 12.8. The zero-order valence-electron chi connectivity index (χ0n) is 10.8. The van der Waals surface area contributed by atoms with Crippen molar-refractivity contribution in [2.75, 3.05) is 0 Å². The lowest BCUT2D eigenvalue weighted by Gasteiger charge is -2.43. The van der Waals surface area contributed by atoms with E-state index in [1.165, 1.54) is 0 Å². The van der Waals surface area contributed by atoms with Crippen molar-refractivity contribution in [3.05, 3.63) is 10.1 Å². The van der Waals surface area contributed by atoms with Crippen molar-refractivity contribution < 1.29 is 10.0 Å². The van der Waals surface area contributed by atoms with E-state index in [0.29, 0.717) is 18.3 Å². The molecule has 1 N–H and O–H groups in total. The van der Waals surface area contributed by atoms with Crippen molar-refractivity contribution in [3.63, 3.8) is 0 Å². The number of aliphatic hydroxyl groups excluding tert-OH is 1. The minimum absolute atomic E-state index is 0.140. The van der Waals surface area contributed by atoms with Crippen molar-refractivity contribution in [1.82, 2.24) is 0 Å². The molecule has 0 aliphatic heterocycles. The summed E-state index contributed by atoms with van der Waals surface area (Å²) < 4.78 is 0. The summed E-state index contributed by atoms with van der Waals surface area (Å²) in [5, 5.41) is 21.5. The first-order valence-corrected chi connectivity index (χ1v) is 6.79. The Hall–Kier alpha value is -0.640. The monoisotopic (exact) mass is 241 g/mol. The van der Waals surface area contributed by atoms with E-state index in [4.69, 9.17) is 0 Å². The molecule has 0 bridgehead atoms. The van der Waals surface area contributed by atoms with Crippen LogP contribution in [0.4, 0.5) is 0 Å². The van der Waals surface area contributed by atoms with Gasteiger partial charge in [-0.15, -0.1) is 0 Å². The smallest absolute Gasteiger partial charge is 0.221 e. The van der Waals surface area contributed by atoms with Crippen LogP contribution in [0.2, 0.25) is 0 Å². The van der Waals surface area contributed by atoms with Crippen LogP contribution in [-0.2, 0) is 0 Å². The summed E-state index contributed by atoms with van der Waals surface area (Å²) in [4.78, 5) is 11.1. The van der Waals surface area contributed by atoms with Crippen LogP contribution in [-0.4, -0.2) is 22.2 Å². The average Bonchev–Trinajstić information content (AvgIpc) is 2.67. The Kier molecular flexibility index (Phi) is 3.43. The number of rotatable bonds is 2. The predicted octanol–water partition coefficient (Wildman–Crippen LogP) is 2.62. The van der Waals surface area contributed by atoms with Crippen LogP contribution in [0.1, 0.15) is 52.4 Å². The van der Waals surface area contributed by atoms with Crippen molar-refractivity contribution in [3.8, 4) is 0 Å². The van der Waals surface area contributed by atoms with Gasteiger partial charge in [-0.2, -0.15) is 0 Å². The van der Waals surface area contributed by atoms with Gasteiger partial charge in [0, 0.05) is 11.3 Å². The maximum Gasteiger partial charge on any atom is 0.221 e. The second kappa shape index (κ2) is 4.56. The number of hydrogen-bond acceptors (Lipinski definition) is 3. The summed E-state index contributed by atoms with van der Waals surface area (Å²) in [6.07, 6.45) is 4.52. The largest absolute Gasteiger partial charge is 0.392 e. The first-order chi connectivity index (χ1) is 7.97. The minimum atomic E-state index is -0.515. The van der Waals surface area contributed by atoms with Crippen molar-refractivity contribution in [2.24, 2.45) is 17.3 Å². The molecule has 2 fully saturated rings. The summed E-state index contributed by atoms with van der Waals surface area (Å²) in [6.45, 7) is 4.37. The van der Waals surface area contributed by atoms with Crippen LogP contribution in [0.3, 0.4) is 0 Å². The summed E-state index contributed by atoms with van der Waals surface area (Å²) in [7, 11) is 0. The molecule has 4 nitrogen and oxygen atoms in total. The Labute approximate surface area is 103 Å². The van der Waals surface area contributed by atoms with E-state index >= 15 is 0 Å². The molecule has 0 saturated heterocycles. The van der Waals surface area contributed by atoms with Gasteiger partial charge in [-0.1, -0.05) is 13.8 Å². The summed E-state index contributed by atoms with van der Waals surface area (Å²) >= 11 is 0. The summed E-state index contributed by atoms with van der Waals surface area (Å²) in [6, 6.07) is -0.515. The first-order valence-electron chi connectivity index (χ1n) is 6.79. The molecule has 17 heavy (non-hydrogen) atoms. The van der Waals surface area contributed by atoms with E-state index in [1.54, 1.807) is 0 Å². The molecule has 1 spiro atoms. The molecule has 0 unspecified atom stereocenters. The molecular formula is C13H23NO3. The fourth-order valence-corrected chi connectivity index (χ4v) is 3.98. The Bertz CT molecular complexity index is 305. The molecule has 0 aromatic heterocycles. The number of aliphatic hydroxyl groups is 1. The Balaban J connectivity index is 2.23. The van der Waals surface area contributed by atoms with Crippen LogP contribution in [0, 0.1) is 27.4 Å². The normalized spacial score (nSPS) is 42.2. The minimum Gasteiger partial charge on any atom is -0.392 e. The lowest BCUT2D eigenvalue weighted by atomic mass is 9.62.